The summed E-state index contributed by atoms with van der Waals surface area (Å²) in [6.07, 6.45) is -1.67. The fourth-order valence-electron chi connectivity index (χ4n) is 2.32. The highest BCUT2D eigenvalue weighted by Gasteiger charge is 2.51. The van der Waals surface area contributed by atoms with Gasteiger partial charge in [0.05, 0.1) is 6.61 Å². The van der Waals surface area contributed by atoms with Gasteiger partial charge in [0.15, 0.2) is 5.79 Å². The lowest BCUT2D eigenvalue weighted by atomic mass is 9.96. The highest BCUT2D eigenvalue weighted by atomic mass is 16.8. The average Bonchev–Trinajstić information content (AvgIpc) is 2.54. The third-order valence-corrected chi connectivity index (χ3v) is 2.98. The number of fused-ring (bicyclic) bond motifs is 1. The van der Waals surface area contributed by atoms with E-state index in [-0.39, 0.29) is 6.10 Å². The molecule has 98 valence electrons. The van der Waals surface area contributed by atoms with Crippen molar-refractivity contribution in [1.82, 2.24) is 5.32 Å². The monoisotopic (exact) mass is 245 g/mol. The Kier molecular flexibility index (Phi) is 3.40. The number of ether oxygens (including phenoxy) is 3. The quantitative estimate of drug-likeness (QED) is 0.633. The van der Waals surface area contributed by atoms with Crippen LogP contribution in [0, 0.1) is 0 Å². The third-order valence-electron chi connectivity index (χ3n) is 2.98. The van der Waals surface area contributed by atoms with E-state index in [4.69, 9.17) is 14.2 Å². The average molecular weight is 245 g/mol. The van der Waals surface area contributed by atoms with Gasteiger partial charge >= 0.3 is 5.97 Å². The molecule has 0 radical (unpaired) electrons. The van der Waals surface area contributed by atoms with Crippen molar-refractivity contribution in [2.24, 2.45) is 0 Å². The largest absolute Gasteiger partial charge is 0.465 e. The molecule has 2 rings (SSSR count). The molecule has 0 aromatic rings. The van der Waals surface area contributed by atoms with Gasteiger partial charge in [-0.1, -0.05) is 0 Å². The molecule has 0 unspecified atom stereocenters. The van der Waals surface area contributed by atoms with Crippen LogP contribution in [0.2, 0.25) is 0 Å². The van der Waals surface area contributed by atoms with E-state index in [9.17, 15) is 9.90 Å². The Morgan fingerprint density at radius 2 is 2.24 bits per heavy atom. The van der Waals surface area contributed by atoms with Crippen LogP contribution in [0.1, 0.15) is 20.8 Å². The van der Waals surface area contributed by atoms with Crippen molar-refractivity contribution in [2.75, 3.05) is 13.2 Å². The van der Waals surface area contributed by atoms with E-state index in [0.29, 0.717) is 13.2 Å². The number of rotatable bonds is 2. The Bertz CT molecular complexity index is 306. The number of carbonyl (C=O) groups excluding carboxylic acids is 1. The van der Waals surface area contributed by atoms with Crippen molar-refractivity contribution in [3.8, 4) is 0 Å². The van der Waals surface area contributed by atoms with Gasteiger partial charge in [0.2, 0.25) is 0 Å². The predicted octanol–water partition coefficient (Wildman–Crippen LogP) is -0.598. The number of carbonyl (C=O) groups is 1. The second-order valence-electron chi connectivity index (χ2n) is 4.77. The molecule has 2 saturated heterocycles. The Labute approximate surface area is 100 Å². The molecule has 2 aliphatic rings. The molecule has 0 aliphatic carbocycles. The normalized spacial score (nSPS) is 39.8. The highest BCUT2D eigenvalue weighted by Crippen LogP contribution is 2.32. The van der Waals surface area contributed by atoms with Crippen molar-refractivity contribution in [3.05, 3.63) is 0 Å². The summed E-state index contributed by atoms with van der Waals surface area (Å²) in [4.78, 5) is 11.6. The van der Waals surface area contributed by atoms with E-state index in [1.165, 1.54) is 0 Å². The summed E-state index contributed by atoms with van der Waals surface area (Å²) in [5, 5.41) is 13.0. The van der Waals surface area contributed by atoms with Crippen molar-refractivity contribution in [2.45, 2.75) is 50.9 Å². The molecule has 2 heterocycles. The zero-order valence-electron chi connectivity index (χ0n) is 10.3. The van der Waals surface area contributed by atoms with E-state index in [2.05, 4.69) is 5.32 Å². The SMILES string of the molecule is CCOC(=O)[C@H]1NC[C@@H]2OC(C)(C)O[C@@H]2[C@@H]1O. The van der Waals surface area contributed by atoms with Gasteiger partial charge in [-0.25, -0.2) is 0 Å². The summed E-state index contributed by atoms with van der Waals surface area (Å²) < 4.78 is 16.1. The smallest absolute Gasteiger partial charge is 0.325 e. The Hall–Kier alpha value is -0.690. The van der Waals surface area contributed by atoms with E-state index in [1.54, 1.807) is 20.8 Å². The molecule has 0 aromatic heterocycles. The minimum atomic E-state index is -0.949. The molecule has 2 aliphatic heterocycles. The van der Waals surface area contributed by atoms with Crippen LogP contribution in [0.5, 0.6) is 0 Å². The van der Waals surface area contributed by atoms with E-state index in [0.717, 1.165) is 0 Å². The summed E-state index contributed by atoms with van der Waals surface area (Å²) in [7, 11) is 0. The third kappa shape index (κ3) is 2.44. The fourth-order valence-corrected chi connectivity index (χ4v) is 2.32. The minimum Gasteiger partial charge on any atom is -0.465 e. The molecule has 6 heteroatoms. The molecule has 0 spiro atoms. The summed E-state index contributed by atoms with van der Waals surface area (Å²) in [5.74, 6) is -1.17. The van der Waals surface area contributed by atoms with Gasteiger partial charge in [0.1, 0.15) is 24.4 Å². The number of esters is 1. The van der Waals surface area contributed by atoms with Crippen LogP contribution in [0.3, 0.4) is 0 Å². The minimum absolute atomic E-state index is 0.231. The van der Waals surface area contributed by atoms with Gasteiger partial charge in [0, 0.05) is 6.54 Å². The lowest BCUT2D eigenvalue weighted by Crippen LogP contribution is -2.61. The second kappa shape index (κ2) is 4.53. The molecule has 4 atom stereocenters. The zero-order valence-corrected chi connectivity index (χ0v) is 10.3. The Morgan fingerprint density at radius 3 is 2.88 bits per heavy atom. The van der Waals surface area contributed by atoms with E-state index in [1.807, 2.05) is 0 Å². The lowest BCUT2D eigenvalue weighted by molar-refractivity contribution is -0.162. The molecule has 2 N–H and O–H groups in total. The maximum Gasteiger partial charge on any atom is 0.325 e. The molecule has 0 saturated carbocycles. The maximum atomic E-state index is 11.6. The number of hydrogen-bond acceptors (Lipinski definition) is 6. The number of nitrogens with one attached hydrogen (secondary N) is 1. The number of aliphatic hydroxyl groups is 1. The molecular weight excluding hydrogens is 226 g/mol. The first kappa shape index (κ1) is 12.8. The van der Waals surface area contributed by atoms with E-state index >= 15 is 0 Å². The Balaban J connectivity index is 2.05. The molecular formula is C11H19NO5. The molecule has 0 amide bonds. The summed E-state index contributed by atoms with van der Waals surface area (Å²) >= 11 is 0. The van der Waals surface area contributed by atoms with Gasteiger partial charge in [-0.05, 0) is 20.8 Å². The molecule has 2 fully saturated rings. The van der Waals surface area contributed by atoms with Crippen molar-refractivity contribution >= 4 is 5.97 Å². The fraction of sp³-hybridized carbons (Fsp3) is 0.909. The van der Waals surface area contributed by atoms with E-state index < -0.39 is 30.0 Å². The molecule has 17 heavy (non-hydrogen) atoms. The Morgan fingerprint density at radius 1 is 1.53 bits per heavy atom. The van der Waals surface area contributed by atoms with Crippen molar-refractivity contribution in [3.63, 3.8) is 0 Å². The molecule has 0 aromatic carbocycles. The van der Waals surface area contributed by atoms with Crippen LogP contribution in [0.15, 0.2) is 0 Å². The first-order valence-corrected chi connectivity index (χ1v) is 5.88. The van der Waals surface area contributed by atoms with Crippen LogP contribution in [-0.2, 0) is 19.0 Å². The standard InChI is InChI=1S/C11H19NO5/c1-4-15-10(14)7-8(13)9-6(5-12-7)16-11(2,3)17-9/h6-9,12-13H,4-5H2,1-3H3/t6-,7-,8+,9-/m0/s1. The predicted molar refractivity (Wildman–Crippen MR) is 58.3 cm³/mol. The topological polar surface area (TPSA) is 77.0 Å². The van der Waals surface area contributed by atoms with Gasteiger partial charge in [-0.2, -0.15) is 0 Å². The van der Waals surface area contributed by atoms with Crippen LogP contribution < -0.4 is 5.32 Å². The maximum absolute atomic E-state index is 11.6. The summed E-state index contributed by atoms with van der Waals surface area (Å²) in [6.45, 7) is 6.07. The van der Waals surface area contributed by atoms with Crippen molar-refractivity contribution < 1.29 is 24.1 Å². The van der Waals surface area contributed by atoms with Gasteiger partial charge in [-0.3, -0.25) is 10.1 Å². The summed E-state index contributed by atoms with van der Waals surface area (Å²) in [6, 6.07) is -0.742. The second-order valence-corrected chi connectivity index (χ2v) is 4.77. The van der Waals surface area contributed by atoms with Crippen LogP contribution >= 0.6 is 0 Å². The lowest BCUT2D eigenvalue weighted by Gasteiger charge is -2.34. The van der Waals surface area contributed by atoms with Gasteiger partial charge < -0.3 is 19.3 Å². The van der Waals surface area contributed by atoms with Crippen LogP contribution in [0.4, 0.5) is 0 Å². The van der Waals surface area contributed by atoms with Gasteiger partial charge in [0.25, 0.3) is 0 Å². The molecule has 6 nitrogen and oxygen atoms in total. The number of hydrogen-bond donors (Lipinski definition) is 2. The van der Waals surface area contributed by atoms with Crippen LogP contribution in [0.25, 0.3) is 0 Å². The highest BCUT2D eigenvalue weighted by molar-refractivity contribution is 5.77. The first-order valence-electron chi connectivity index (χ1n) is 5.88. The zero-order chi connectivity index (χ0) is 12.6. The summed E-state index contributed by atoms with van der Waals surface area (Å²) in [5.41, 5.74) is 0. The first-order chi connectivity index (χ1) is 7.94. The van der Waals surface area contributed by atoms with Crippen LogP contribution in [-0.4, -0.2) is 54.4 Å². The van der Waals surface area contributed by atoms with Gasteiger partial charge in [-0.15, -0.1) is 0 Å². The molecule has 0 bridgehead atoms. The number of aliphatic hydroxyl groups excluding tert-OH is 1. The van der Waals surface area contributed by atoms with Crippen molar-refractivity contribution in [1.29, 1.82) is 0 Å². The number of piperidine rings is 1.